The predicted octanol–water partition coefficient (Wildman–Crippen LogP) is 4.19. The molecule has 1 aromatic heterocycles. The first-order valence-electron chi connectivity index (χ1n) is 10.9. The van der Waals surface area contributed by atoms with Gasteiger partial charge in [0.05, 0.1) is 13.2 Å². The van der Waals surface area contributed by atoms with E-state index in [4.69, 9.17) is 9.57 Å². The molecule has 2 aliphatic heterocycles. The first-order chi connectivity index (χ1) is 13.7. The minimum Gasteiger partial charge on any atom is -0.484 e. The Labute approximate surface area is 173 Å². The molecule has 0 aliphatic carbocycles. The third-order valence-corrected chi connectivity index (χ3v) is 6.53. The smallest absolute Gasteiger partial charge is 0.426 e. The number of nitrogens with one attached hydrogen (secondary N) is 1. The summed E-state index contributed by atoms with van der Waals surface area (Å²) in [7, 11) is 0. The van der Waals surface area contributed by atoms with Crippen LogP contribution < -0.4 is 10.1 Å². The minimum atomic E-state index is -0.339. The number of amides is 1. The van der Waals surface area contributed by atoms with Crippen molar-refractivity contribution < 1.29 is 14.4 Å². The Morgan fingerprint density at radius 3 is 2.86 bits per heavy atom. The van der Waals surface area contributed by atoms with Gasteiger partial charge in [0, 0.05) is 24.5 Å². The summed E-state index contributed by atoms with van der Waals surface area (Å²) in [5.41, 5.74) is 1.22. The maximum atomic E-state index is 11.9. The van der Waals surface area contributed by atoms with E-state index in [-0.39, 0.29) is 6.09 Å². The number of hydrogen-bond acceptors (Lipinski definition) is 6. The van der Waals surface area contributed by atoms with Crippen molar-refractivity contribution >= 4 is 17.4 Å². The van der Waals surface area contributed by atoms with E-state index in [0.717, 1.165) is 50.4 Å². The van der Waals surface area contributed by atoms with E-state index in [1.165, 1.54) is 49.2 Å². The Morgan fingerprint density at radius 2 is 2.04 bits per heavy atom. The molecule has 0 atom stereocenters. The summed E-state index contributed by atoms with van der Waals surface area (Å²) in [6, 6.07) is 2.12. The Morgan fingerprint density at radius 1 is 1.18 bits per heavy atom. The molecule has 1 amide bonds. The highest BCUT2D eigenvalue weighted by Crippen LogP contribution is 2.33. The molecule has 7 heteroatoms. The van der Waals surface area contributed by atoms with E-state index in [0.29, 0.717) is 13.1 Å². The second-order valence-electron chi connectivity index (χ2n) is 7.74. The molecule has 0 bridgehead atoms. The monoisotopic (exact) mass is 409 g/mol. The van der Waals surface area contributed by atoms with Gasteiger partial charge in [0.1, 0.15) is 0 Å². The predicted molar refractivity (Wildman–Crippen MR) is 113 cm³/mol. The van der Waals surface area contributed by atoms with Crippen molar-refractivity contribution in [1.29, 1.82) is 0 Å². The number of likely N-dealkylation sites (tertiary alicyclic amines) is 1. The lowest BCUT2D eigenvalue weighted by Crippen LogP contribution is -2.37. The molecule has 1 fully saturated rings. The Hall–Kier alpha value is -1.31. The zero-order chi connectivity index (χ0) is 19.6. The van der Waals surface area contributed by atoms with Crippen molar-refractivity contribution in [1.82, 2.24) is 15.3 Å². The van der Waals surface area contributed by atoms with E-state index in [1.54, 1.807) is 16.4 Å². The normalized spacial score (nSPS) is 17.5. The van der Waals surface area contributed by atoms with Crippen LogP contribution >= 0.6 is 11.3 Å². The van der Waals surface area contributed by atoms with E-state index in [1.807, 2.05) is 0 Å². The van der Waals surface area contributed by atoms with Crippen LogP contribution in [0.15, 0.2) is 6.07 Å². The van der Waals surface area contributed by atoms with Gasteiger partial charge in [0.25, 0.3) is 0 Å². The van der Waals surface area contributed by atoms with Crippen molar-refractivity contribution in [2.45, 2.75) is 64.8 Å². The van der Waals surface area contributed by atoms with E-state index < -0.39 is 0 Å². The second kappa shape index (κ2) is 11.6. The summed E-state index contributed by atoms with van der Waals surface area (Å²) in [6.45, 7) is 8.66. The third-order valence-electron chi connectivity index (χ3n) is 5.38. The number of hydrogen-bond donors (Lipinski definition) is 1. The van der Waals surface area contributed by atoms with Gasteiger partial charge >= 0.3 is 6.09 Å². The number of hydroxylamine groups is 2. The molecule has 0 saturated carbocycles. The van der Waals surface area contributed by atoms with Crippen molar-refractivity contribution in [3.63, 3.8) is 0 Å². The lowest BCUT2D eigenvalue weighted by atomic mass is 10.1. The third kappa shape index (κ3) is 6.94. The number of ether oxygens (including phenoxy) is 1. The Bertz CT molecular complexity index is 602. The molecule has 1 saturated heterocycles. The molecule has 0 spiro atoms. The van der Waals surface area contributed by atoms with Crippen LogP contribution in [0.5, 0.6) is 5.06 Å². The Balaban J connectivity index is 1.33. The van der Waals surface area contributed by atoms with Crippen LogP contribution in [-0.2, 0) is 17.8 Å². The fraction of sp³-hybridized carbons (Fsp3) is 0.762. The fourth-order valence-electron chi connectivity index (χ4n) is 3.79. The van der Waals surface area contributed by atoms with Gasteiger partial charge in [0.2, 0.25) is 0 Å². The molecule has 0 unspecified atom stereocenters. The zero-order valence-electron chi connectivity index (χ0n) is 17.2. The second-order valence-corrected chi connectivity index (χ2v) is 8.84. The average molecular weight is 410 g/mol. The summed E-state index contributed by atoms with van der Waals surface area (Å²) in [4.78, 5) is 21.3. The van der Waals surface area contributed by atoms with Crippen molar-refractivity contribution in [3.8, 4) is 5.06 Å². The first kappa shape index (κ1) is 21.4. The maximum Gasteiger partial charge on any atom is 0.426 e. The van der Waals surface area contributed by atoms with Crippen LogP contribution in [0.2, 0.25) is 0 Å². The van der Waals surface area contributed by atoms with Crippen LogP contribution in [-0.4, -0.2) is 55.4 Å². The van der Waals surface area contributed by atoms with Gasteiger partial charge in [-0.05, 0) is 56.8 Å². The standard InChI is InChI=1S/C21H35N3O3S/c1-2-3-4-5-10-22-21(25)27-24-14-9-19-18(17-24)16-20(28-19)26-15-8-13-23-11-6-7-12-23/h16H,2-15,17H2,1H3,(H,22,25). The molecule has 2 aliphatic rings. The van der Waals surface area contributed by atoms with Gasteiger partial charge < -0.3 is 19.8 Å². The van der Waals surface area contributed by atoms with Crippen LogP contribution in [0, 0.1) is 0 Å². The zero-order valence-corrected chi connectivity index (χ0v) is 18.0. The molecule has 0 aromatic carbocycles. The maximum absolute atomic E-state index is 11.9. The minimum absolute atomic E-state index is 0.339. The fourth-order valence-corrected chi connectivity index (χ4v) is 4.82. The SMILES string of the molecule is CCCCCCNC(=O)ON1CCc2sc(OCCCN3CCCC3)cc2C1. The molecule has 3 rings (SSSR count). The van der Waals surface area contributed by atoms with E-state index in [2.05, 4.69) is 23.2 Å². The highest BCUT2D eigenvalue weighted by atomic mass is 32.1. The summed E-state index contributed by atoms with van der Waals surface area (Å²) in [5, 5.41) is 5.60. The van der Waals surface area contributed by atoms with Crippen LogP contribution in [0.25, 0.3) is 0 Å². The number of fused-ring (bicyclic) bond motifs is 1. The molecular formula is C21H35N3O3S. The number of nitrogens with zero attached hydrogens (tertiary/aromatic N) is 2. The first-order valence-corrected chi connectivity index (χ1v) is 11.7. The quantitative estimate of drug-likeness (QED) is 0.555. The van der Waals surface area contributed by atoms with Crippen molar-refractivity contribution in [2.24, 2.45) is 0 Å². The lowest BCUT2D eigenvalue weighted by Gasteiger charge is -2.25. The van der Waals surface area contributed by atoms with Gasteiger partial charge in [-0.3, -0.25) is 0 Å². The van der Waals surface area contributed by atoms with Gasteiger partial charge in [-0.25, -0.2) is 4.79 Å². The van der Waals surface area contributed by atoms with Crippen molar-refractivity contribution in [3.05, 3.63) is 16.5 Å². The Kier molecular flexibility index (Phi) is 8.89. The topological polar surface area (TPSA) is 54.0 Å². The molecule has 158 valence electrons. The average Bonchev–Trinajstić information content (AvgIpc) is 3.34. The number of unbranched alkanes of at least 4 members (excludes halogenated alkanes) is 3. The van der Waals surface area contributed by atoms with Crippen LogP contribution in [0.3, 0.4) is 0 Å². The number of carbonyl (C=O) groups is 1. The molecule has 1 N–H and O–H groups in total. The largest absolute Gasteiger partial charge is 0.484 e. The summed E-state index contributed by atoms with van der Waals surface area (Å²) < 4.78 is 5.97. The molecule has 6 nitrogen and oxygen atoms in total. The lowest BCUT2D eigenvalue weighted by molar-refractivity contribution is -0.110. The van der Waals surface area contributed by atoms with Gasteiger partial charge in [-0.1, -0.05) is 26.2 Å². The van der Waals surface area contributed by atoms with Gasteiger partial charge in [-0.15, -0.1) is 16.4 Å². The van der Waals surface area contributed by atoms with E-state index >= 15 is 0 Å². The van der Waals surface area contributed by atoms with E-state index in [9.17, 15) is 4.79 Å². The van der Waals surface area contributed by atoms with Gasteiger partial charge in [0.15, 0.2) is 5.06 Å². The summed E-state index contributed by atoms with van der Waals surface area (Å²) >= 11 is 1.74. The molecule has 1 aromatic rings. The number of thiophene rings is 1. The number of rotatable bonds is 11. The van der Waals surface area contributed by atoms with Gasteiger partial charge in [-0.2, -0.15) is 0 Å². The van der Waals surface area contributed by atoms with Crippen LogP contribution in [0.4, 0.5) is 4.79 Å². The highest BCUT2D eigenvalue weighted by Gasteiger charge is 2.22. The number of carbonyl (C=O) groups excluding carboxylic acids is 1. The van der Waals surface area contributed by atoms with Crippen LogP contribution in [0.1, 0.15) is 62.3 Å². The molecule has 0 radical (unpaired) electrons. The van der Waals surface area contributed by atoms with Crippen molar-refractivity contribution in [2.75, 3.05) is 39.3 Å². The summed E-state index contributed by atoms with van der Waals surface area (Å²) in [6.07, 6.45) is 8.90. The molecular weight excluding hydrogens is 374 g/mol. The molecule has 3 heterocycles. The highest BCUT2D eigenvalue weighted by molar-refractivity contribution is 7.14. The molecule has 28 heavy (non-hydrogen) atoms. The summed E-state index contributed by atoms with van der Waals surface area (Å²) in [5.74, 6) is 0.